The Morgan fingerprint density at radius 2 is 2.05 bits per heavy atom. The molecule has 2 aromatic rings. The summed E-state index contributed by atoms with van der Waals surface area (Å²) < 4.78 is 24.2. The molecule has 0 aliphatic heterocycles. The Kier molecular flexibility index (Phi) is 3.25. The molecule has 0 aliphatic rings. The second kappa shape index (κ2) is 4.59. The molecule has 2 heterocycles. The van der Waals surface area contributed by atoms with Gasteiger partial charge in [0.05, 0.1) is 5.56 Å². The summed E-state index contributed by atoms with van der Waals surface area (Å²) >= 11 is 0. The average molecular weight is 283 g/mol. The maximum absolute atomic E-state index is 11.8. The van der Waals surface area contributed by atoms with Crippen LogP contribution >= 0.6 is 0 Å². The number of pyridine rings is 1. The van der Waals surface area contributed by atoms with Crippen molar-refractivity contribution in [1.82, 2.24) is 19.7 Å². The molecule has 0 spiro atoms. The second-order valence-electron chi connectivity index (χ2n) is 4.24. The number of hydrogen-bond acceptors (Lipinski definition) is 5. The molecule has 0 amide bonds. The Morgan fingerprint density at radius 1 is 1.37 bits per heavy atom. The number of aromatic amines is 1. The van der Waals surface area contributed by atoms with Crippen molar-refractivity contribution in [3.05, 3.63) is 28.7 Å². The molecule has 0 atom stereocenters. The Bertz CT molecular complexity index is 759. The summed E-state index contributed by atoms with van der Waals surface area (Å²) in [5.41, 5.74) is -0.0485. The first-order chi connectivity index (χ1) is 8.82. The quantitative estimate of drug-likeness (QED) is 0.811. The van der Waals surface area contributed by atoms with Gasteiger partial charge in [-0.2, -0.15) is 0 Å². The van der Waals surface area contributed by atoms with Crippen LogP contribution < -0.4 is 10.6 Å². The van der Waals surface area contributed by atoms with Gasteiger partial charge in [-0.05, 0) is 13.8 Å². The first-order valence-electron chi connectivity index (χ1n) is 5.47. The average Bonchev–Trinajstić information content (AvgIpc) is 2.73. The van der Waals surface area contributed by atoms with Crippen LogP contribution in [0.5, 0.6) is 0 Å². The Morgan fingerprint density at radius 3 is 2.58 bits per heavy atom. The lowest BCUT2D eigenvalue weighted by molar-refractivity contribution is 0.524. The van der Waals surface area contributed by atoms with Crippen LogP contribution in [-0.4, -0.2) is 28.2 Å². The van der Waals surface area contributed by atoms with Gasteiger partial charge < -0.3 is 4.98 Å². The topological polar surface area (TPSA) is 124 Å². The Balaban J connectivity index is 2.77. The largest absolute Gasteiger partial charge is 0.367 e. The molecule has 0 unspecified atom stereocenters. The zero-order valence-corrected chi connectivity index (χ0v) is 11.2. The zero-order valence-electron chi connectivity index (χ0n) is 10.4. The minimum Gasteiger partial charge on any atom is -0.367 e. The van der Waals surface area contributed by atoms with Crippen LogP contribution in [0.4, 0.5) is 0 Å². The standard InChI is InChI=1S/C10H13N5O3S/c1-6(2)15-9(7-5-12-4-3-8(7)16)13-14-10(15)19(11,17)18/h3-6H,1-2H3,(H,12,16)(H2,11,17,18). The van der Waals surface area contributed by atoms with Gasteiger partial charge in [0.1, 0.15) is 0 Å². The number of nitrogens with zero attached hydrogens (tertiary/aromatic N) is 3. The monoisotopic (exact) mass is 283 g/mol. The van der Waals surface area contributed by atoms with E-state index in [-0.39, 0.29) is 28.0 Å². The van der Waals surface area contributed by atoms with E-state index in [2.05, 4.69) is 15.2 Å². The first-order valence-corrected chi connectivity index (χ1v) is 7.02. The minimum absolute atomic E-state index is 0.167. The summed E-state index contributed by atoms with van der Waals surface area (Å²) in [5.74, 6) is 0.167. The van der Waals surface area contributed by atoms with Gasteiger partial charge in [-0.25, -0.2) is 13.6 Å². The van der Waals surface area contributed by atoms with Gasteiger partial charge in [0, 0.05) is 24.5 Å². The van der Waals surface area contributed by atoms with Gasteiger partial charge in [0.15, 0.2) is 11.3 Å². The summed E-state index contributed by atoms with van der Waals surface area (Å²) in [6.07, 6.45) is 2.92. The fourth-order valence-electron chi connectivity index (χ4n) is 1.71. The van der Waals surface area contributed by atoms with Gasteiger partial charge in [-0.1, -0.05) is 0 Å². The van der Waals surface area contributed by atoms with Crippen molar-refractivity contribution in [3.63, 3.8) is 0 Å². The highest BCUT2D eigenvalue weighted by Crippen LogP contribution is 2.21. The van der Waals surface area contributed by atoms with Crippen molar-refractivity contribution in [2.45, 2.75) is 25.0 Å². The van der Waals surface area contributed by atoms with Crippen molar-refractivity contribution >= 4 is 10.0 Å². The van der Waals surface area contributed by atoms with E-state index in [0.717, 1.165) is 0 Å². The molecule has 9 heteroatoms. The fourth-order valence-corrected chi connectivity index (χ4v) is 2.44. The lowest BCUT2D eigenvalue weighted by atomic mass is 10.2. The summed E-state index contributed by atoms with van der Waals surface area (Å²) in [6, 6.07) is 1.06. The lowest BCUT2D eigenvalue weighted by Crippen LogP contribution is -2.20. The highest BCUT2D eigenvalue weighted by atomic mass is 32.2. The normalized spacial score (nSPS) is 12.0. The van der Waals surface area contributed by atoms with Crippen molar-refractivity contribution in [3.8, 4) is 11.4 Å². The number of H-pyrrole nitrogens is 1. The highest BCUT2D eigenvalue weighted by Gasteiger charge is 2.24. The van der Waals surface area contributed by atoms with Gasteiger partial charge in [0.2, 0.25) is 0 Å². The minimum atomic E-state index is -4.00. The molecule has 0 saturated heterocycles. The maximum atomic E-state index is 11.8. The van der Waals surface area contributed by atoms with Crippen molar-refractivity contribution < 1.29 is 8.42 Å². The number of nitrogens with one attached hydrogen (secondary N) is 1. The SMILES string of the molecule is CC(C)n1c(-c2c[nH]ccc2=O)nnc1S(N)(=O)=O. The van der Waals surface area contributed by atoms with Crippen LogP contribution in [0.3, 0.4) is 0 Å². The molecule has 102 valence electrons. The van der Waals surface area contributed by atoms with E-state index < -0.39 is 10.0 Å². The van der Waals surface area contributed by atoms with Gasteiger partial charge in [0.25, 0.3) is 15.2 Å². The molecule has 0 saturated carbocycles. The molecule has 2 rings (SSSR count). The van der Waals surface area contributed by atoms with Gasteiger partial charge in [-0.3, -0.25) is 9.36 Å². The van der Waals surface area contributed by atoms with Crippen LogP contribution in [0.1, 0.15) is 19.9 Å². The number of rotatable bonds is 3. The van der Waals surface area contributed by atoms with Gasteiger partial charge >= 0.3 is 0 Å². The molecule has 0 aliphatic carbocycles. The smallest absolute Gasteiger partial charge is 0.273 e. The zero-order chi connectivity index (χ0) is 14.2. The van der Waals surface area contributed by atoms with E-state index in [1.807, 2.05) is 0 Å². The van der Waals surface area contributed by atoms with Crippen LogP contribution in [0.2, 0.25) is 0 Å². The predicted molar refractivity (Wildman–Crippen MR) is 67.8 cm³/mol. The maximum Gasteiger partial charge on any atom is 0.273 e. The third-order valence-corrected chi connectivity index (χ3v) is 3.29. The summed E-state index contributed by atoms with van der Waals surface area (Å²) in [4.78, 5) is 14.5. The third-order valence-electron chi connectivity index (χ3n) is 2.50. The third kappa shape index (κ3) is 2.42. The highest BCUT2D eigenvalue weighted by molar-refractivity contribution is 7.89. The molecular weight excluding hydrogens is 270 g/mol. The van der Waals surface area contributed by atoms with E-state index in [1.54, 1.807) is 13.8 Å². The molecule has 0 radical (unpaired) electrons. The van der Waals surface area contributed by atoms with Crippen LogP contribution in [0.25, 0.3) is 11.4 Å². The number of primary sulfonamides is 1. The first kappa shape index (κ1) is 13.4. The van der Waals surface area contributed by atoms with Crippen LogP contribution in [-0.2, 0) is 10.0 Å². The van der Waals surface area contributed by atoms with E-state index in [1.165, 1.54) is 23.0 Å². The summed E-state index contributed by atoms with van der Waals surface area (Å²) in [5, 5.41) is 12.1. The number of nitrogens with two attached hydrogens (primary N) is 1. The summed E-state index contributed by atoms with van der Waals surface area (Å²) in [7, 11) is -4.00. The number of hydrogen-bond donors (Lipinski definition) is 2. The molecule has 3 N–H and O–H groups in total. The predicted octanol–water partition coefficient (Wildman–Crippen LogP) is -0.138. The van der Waals surface area contributed by atoms with Crippen LogP contribution in [0, 0.1) is 0 Å². The molecule has 2 aromatic heterocycles. The van der Waals surface area contributed by atoms with E-state index in [4.69, 9.17) is 5.14 Å². The van der Waals surface area contributed by atoms with E-state index in [9.17, 15) is 13.2 Å². The molecule has 0 aromatic carbocycles. The van der Waals surface area contributed by atoms with Crippen molar-refractivity contribution in [2.24, 2.45) is 5.14 Å². The lowest BCUT2D eigenvalue weighted by Gasteiger charge is -2.12. The Labute approximate surface area is 109 Å². The summed E-state index contributed by atoms with van der Waals surface area (Å²) in [6.45, 7) is 3.50. The van der Waals surface area contributed by atoms with E-state index in [0.29, 0.717) is 0 Å². The molecule has 0 bridgehead atoms. The second-order valence-corrected chi connectivity index (χ2v) is 5.69. The number of aromatic nitrogens is 4. The molecule has 8 nitrogen and oxygen atoms in total. The molecule has 0 fully saturated rings. The van der Waals surface area contributed by atoms with E-state index >= 15 is 0 Å². The Hall–Kier alpha value is -2.00. The van der Waals surface area contributed by atoms with Gasteiger partial charge in [-0.15, -0.1) is 10.2 Å². The molecular formula is C10H13N5O3S. The molecule has 19 heavy (non-hydrogen) atoms. The number of sulfonamides is 1. The van der Waals surface area contributed by atoms with Crippen molar-refractivity contribution in [1.29, 1.82) is 0 Å². The fraction of sp³-hybridized carbons (Fsp3) is 0.300. The van der Waals surface area contributed by atoms with Crippen molar-refractivity contribution in [2.75, 3.05) is 0 Å². The van der Waals surface area contributed by atoms with Crippen LogP contribution in [0.15, 0.2) is 28.4 Å².